The molecule has 0 amide bonds. The number of hydrogen-bond donors (Lipinski definition) is 0. The predicted molar refractivity (Wildman–Crippen MR) is 98.5 cm³/mol. The van der Waals surface area contributed by atoms with Gasteiger partial charge < -0.3 is 9.47 Å². The van der Waals surface area contributed by atoms with Crippen LogP contribution in [-0.2, 0) is 9.61 Å². The summed E-state index contributed by atoms with van der Waals surface area (Å²) in [5.74, 6) is 1.81. The van der Waals surface area contributed by atoms with Gasteiger partial charge in [0.05, 0.1) is 20.0 Å². The Labute approximate surface area is 148 Å². The lowest BCUT2D eigenvalue weighted by atomic mass is 9.80. The van der Waals surface area contributed by atoms with Crippen LogP contribution >= 0.6 is 11.6 Å². The fraction of sp³-hybridized carbons (Fsp3) is 0.238. The largest absolute Gasteiger partial charge is 0.501 e. The molecule has 0 bridgehead atoms. The Kier molecular flexibility index (Phi) is 4.96. The normalized spacial score (nSPS) is 16.6. The van der Waals surface area contributed by atoms with E-state index in [0.29, 0.717) is 0 Å². The van der Waals surface area contributed by atoms with E-state index in [-0.39, 0.29) is 0 Å². The zero-order valence-electron chi connectivity index (χ0n) is 14.0. The zero-order chi connectivity index (χ0) is 17.0. The number of alkyl halides is 1. The Bertz CT molecular complexity index is 747. The Morgan fingerprint density at radius 2 is 1.46 bits per heavy atom. The first-order valence-electron chi connectivity index (χ1n) is 8.01. The fourth-order valence-corrected chi connectivity index (χ4v) is 3.51. The first kappa shape index (κ1) is 16.7. The molecule has 1 aliphatic carbocycles. The van der Waals surface area contributed by atoms with Gasteiger partial charge in [-0.05, 0) is 41.3 Å². The SMILES string of the molecule is COC1=CC=C(C(Cl)(c2ccccc2)c2ccc(OC)cc2)CC1. The molecule has 2 aromatic rings. The topological polar surface area (TPSA) is 18.5 Å². The van der Waals surface area contributed by atoms with Crippen molar-refractivity contribution in [1.29, 1.82) is 0 Å². The summed E-state index contributed by atoms with van der Waals surface area (Å²) in [4.78, 5) is -0.691. The highest BCUT2D eigenvalue weighted by atomic mass is 35.5. The van der Waals surface area contributed by atoms with Gasteiger partial charge in [0.1, 0.15) is 10.6 Å². The second kappa shape index (κ2) is 7.14. The van der Waals surface area contributed by atoms with E-state index in [1.54, 1.807) is 14.2 Å². The van der Waals surface area contributed by atoms with E-state index in [4.69, 9.17) is 21.1 Å². The van der Waals surface area contributed by atoms with E-state index in [1.165, 1.54) is 5.57 Å². The van der Waals surface area contributed by atoms with Crippen molar-refractivity contribution in [1.82, 2.24) is 0 Å². The molecule has 0 heterocycles. The Balaban J connectivity index is 2.11. The number of rotatable bonds is 5. The molecular weight excluding hydrogens is 320 g/mol. The smallest absolute Gasteiger partial charge is 0.118 e. The number of benzene rings is 2. The molecule has 0 N–H and O–H groups in total. The third-order valence-corrected chi connectivity index (χ3v) is 5.15. The fourth-order valence-electron chi connectivity index (χ4n) is 3.10. The second-order valence-electron chi connectivity index (χ2n) is 5.78. The van der Waals surface area contributed by atoms with Crippen LogP contribution in [0.5, 0.6) is 5.75 Å². The molecular formula is C21H21ClO2. The van der Waals surface area contributed by atoms with E-state index in [0.717, 1.165) is 35.5 Å². The van der Waals surface area contributed by atoms with Crippen LogP contribution in [0.3, 0.4) is 0 Å². The highest BCUT2D eigenvalue weighted by molar-refractivity contribution is 6.28. The van der Waals surface area contributed by atoms with Crippen LogP contribution in [0.2, 0.25) is 0 Å². The molecule has 1 atom stereocenters. The molecule has 0 aromatic heterocycles. The molecule has 0 fully saturated rings. The number of halogens is 1. The minimum Gasteiger partial charge on any atom is -0.501 e. The van der Waals surface area contributed by atoms with Crippen molar-refractivity contribution in [2.75, 3.05) is 14.2 Å². The standard InChI is InChI=1S/C21H21ClO2/c1-23-19-12-8-17(9-13-19)21(22,16-6-4-3-5-7-16)18-10-14-20(24-2)15-11-18/h3-10,12-14H,11,15H2,1-2H3. The van der Waals surface area contributed by atoms with Gasteiger partial charge in [0, 0.05) is 6.42 Å². The second-order valence-corrected chi connectivity index (χ2v) is 6.35. The average molecular weight is 341 g/mol. The highest BCUT2D eigenvalue weighted by Crippen LogP contribution is 2.46. The molecule has 0 spiro atoms. The molecule has 1 aliphatic rings. The van der Waals surface area contributed by atoms with Crippen LogP contribution in [0.1, 0.15) is 24.0 Å². The number of ether oxygens (including phenoxy) is 2. The summed E-state index contributed by atoms with van der Waals surface area (Å²) in [6.45, 7) is 0. The molecule has 3 rings (SSSR count). The maximum atomic E-state index is 7.28. The number of allylic oxidation sites excluding steroid dienone is 4. The molecule has 0 saturated carbocycles. The van der Waals surface area contributed by atoms with Crippen LogP contribution in [0.15, 0.2) is 78.1 Å². The summed E-state index contributed by atoms with van der Waals surface area (Å²) >= 11 is 7.28. The van der Waals surface area contributed by atoms with Gasteiger partial charge in [-0.2, -0.15) is 0 Å². The molecule has 1 unspecified atom stereocenters. The summed E-state index contributed by atoms with van der Waals surface area (Å²) in [5.41, 5.74) is 3.27. The summed E-state index contributed by atoms with van der Waals surface area (Å²) in [6, 6.07) is 18.2. The summed E-state index contributed by atoms with van der Waals surface area (Å²) < 4.78 is 10.6. The van der Waals surface area contributed by atoms with Gasteiger partial charge in [0.25, 0.3) is 0 Å². The maximum absolute atomic E-state index is 7.28. The van der Waals surface area contributed by atoms with Crippen LogP contribution in [0, 0.1) is 0 Å². The molecule has 0 saturated heterocycles. The van der Waals surface area contributed by atoms with Gasteiger partial charge in [0.15, 0.2) is 0 Å². The van der Waals surface area contributed by atoms with E-state index in [2.05, 4.69) is 18.2 Å². The van der Waals surface area contributed by atoms with Crippen molar-refractivity contribution in [3.63, 3.8) is 0 Å². The van der Waals surface area contributed by atoms with E-state index >= 15 is 0 Å². The average Bonchev–Trinajstić information content (AvgIpc) is 2.68. The molecule has 3 heteroatoms. The van der Waals surface area contributed by atoms with Crippen molar-refractivity contribution < 1.29 is 9.47 Å². The summed E-state index contributed by atoms with van der Waals surface area (Å²) in [5, 5.41) is 0. The maximum Gasteiger partial charge on any atom is 0.118 e. The van der Waals surface area contributed by atoms with Gasteiger partial charge in [-0.25, -0.2) is 0 Å². The van der Waals surface area contributed by atoms with Gasteiger partial charge in [-0.15, -0.1) is 11.6 Å². The molecule has 24 heavy (non-hydrogen) atoms. The van der Waals surface area contributed by atoms with Crippen LogP contribution in [-0.4, -0.2) is 14.2 Å². The van der Waals surface area contributed by atoms with E-state index < -0.39 is 4.87 Å². The minimum absolute atomic E-state index is 0.691. The van der Waals surface area contributed by atoms with Crippen molar-refractivity contribution in [3.8, 4) is 5.75 Å². The van der Waals surface area contributed by atoms with Crippen LogP contribution in [0.25, 0.3) is 0 Å². The Morgan fingerprint density at radius 3 is 2.00 bits per heavy atom. The first-order valence-corrected chi connectivity index (χ1v) is 8.39. The summed E-state index contributed by atoms with van der Waals surface area (Å²) in [7, 11) is 3.38. The number of hydrogen-bond acceptors (Lipinski definition) is 2. The molecule has 2 aromatic carbocycles. The van der Waals surface area contributed by atoms with Crippen molar-refractivity contribution in [2.45, 2.75) is 17.7 Å². The lowest BCUT2D eigenvalue weighted by Gasteiger charge is -2.33. The molecule has 0 radical (unpaired) electrons. The zero-order valence-corrected chi connectivity index (χ0v) is 14.7. The van der Waals surface area contributed by atoms with Gasteiger partial charge >= 0.3 is 0 Å². The van der Waals surface area contributed by atoms with Gasteiger partial charge in [-0.3, -0.25) is 0 Å². The van der Waals surface area contributed by atoms with Crippen molar-refractivity contribution >= 4 is 11.6 Å². The lowest BCUT2D eigenvalue weighted by Crippen LogP contribution is -2.24. The van der Waals surface area contributed by atoms with Gasteiger partial charge in [0.2, 0.25) is 0 Å². The lowest BCUT2D eigenvalue weighted by molar-refractivity contribution is 0.275. The Hall–Kier alpha value is -2.19. The molecule has 0 aliphatic heterocycles. The predicted octanol–water partition coefficient (Wildman–Crippen LogP) is 5.43. The summed E-state index contributed by atoms with van der Waals surface area (Å²) in [6.07, 6.45) is 5.83. The quantitative estimate of drug-likeness (QED) is 0.676. The minimum atomic E-state index is -0.691. The monoisotopic (exact) mass is 340 g/mol. The first-order chi connectivity index (χ1) is 11.7. The third-order valence-electron chi connectivity index (χ3n) is 4.48. The van der Waals surface area contributed by atoms with Crippen molar-refractivity contribution in [2.24, 2.45) is 0 Å². The molecule has 2 nitrogen and oxygen atoms in total. The van der Waals surface area contributed by atoms with Crippen LogP contribution in [0.4, 0.5) is 0 Å². The third kappa shape index (κ3) is 3.07. The van der Waals surface area contributed by atoms with Crippen LogP contribution < -0.4 is 4.74 Å². The van der Waals surface area contributed by atoms with Gasteiger partial charge in [-0.1, -0.05) is 48.5 Å². The Morgan fingerprint density at radius 1 is 0.792 bits per heavy atom. The molecule has 124 valence electrons. The van der Waals surface area contributed by atoms with Crippen molar-refractivity contribution in [3.05, 3.63) is 89.2 Å². The van der Waals surface area contributed by atoms with E-state index in [9.17, 15) is 0 Å². The number of methoxy groups -OCH3 is 2. The highest BCUT2D eigenvalue weighted by Gasteiger charge is 2.36. The van der Waals surface area contributed by atoms with E-state index in [1.807, 2.05) is 48.5 Å².